The van der Waals surface area contributed by atoms with Gasteiger partial charge < -0.3 is 23.5 Å². The smallest absolute Gasteiger partial charge is 0.322 e. The highest BCUT2D eigenvalue weighted by molar-refractivity contribution is 6.30. The highest BCUT2D eigenvalue weighted by atomic mass is 35.5. The number of methoxy groups -OCH3 is 3. The van der Waals surface area contributed by atoms with Gasteiger partial charge in [-0.2, -0.15) is 0 Å². The van der Waals surface area contributed by atoms with E-state index in [0.29, 0.717) is 28.8 Å². The molecular formula is C22H21ClN4O6. The Labute approximate surface area is 194 Å². The summed E-state index contributed by atoms with van der Waals surface area (Å²) in [7, 11) is 4.39. The van der Waals surface area contributed by atoms with Crippen LogP contribution in [0.4, 0.5) is 11.7 Å². The zero-order chi connectivity index (χ0) is 23.5. The van der Waals surface area contributed by atoms with Gasteiger partial charge in [-0.25, -0.2) is 0 Å². The van der Waals surface area contributed by atoms with E-state index in [9.17, 15) is 9.59 Å². The molecule has 0 saturated carbocycles. The molecule has 2 heterocycles. The van der Waals surface area contributed by atoms with E-state index in [1.165, 1.54) is 33.5 Å². The highest BCUT2D eigenvalue weighted by Crippen LogP contribution is 2.38. The van der Waals surface area contributed by atoms with Crippen LogP contribution in [0.1, 0.15) is 28.6 Å². The van der Waals surface area contributed by atoms with Gasteiger partial charge in [0, 0.05) is 29.2 Å². The number of benzene rings is 2. The first kappa shape index (κ1) is 22.4. The van der Waals surface area contributed by atoms with Crippen molar-refractivity contribution in [2.45, 2.75) is 12.3 Å². The van der Waals surface area contributed by atoms with E-state index in [2.05, 4.69) is 15.5 Å². The number of aromatic nitrogens is 2. The molecule has 33 heavy (non-hydrogen) atoms. The molecule has 2 amide bonds. The van der Waals surface area contributed by atoms with Crippen LogP contribution in [-0.2, 0) is 4.79 Å². The van der Waals surface area contributed by atoms with Crippen molar-refractivity contribution in [3.8, 4) is 17.2 Å². The van der Waals surface area contributed by atoms with Gasteiger partial charge in [-0.1, -0.05) is 16.7 Å². The molecule has 1 aromatic heterocycles. The first-order valence-corrected chi connectivity index (χ1v) is 10.3. The van der Waals surface area contributed by atoms with E-state index in [1.54, 1.807) is 29.2 Å². The lowest BCUT2D eigenvalue weighted by Gasteiger charge is -2.16. The number of ether oxygens (including phenoxy) is 3. The lowest BCUT2D eigenvalue weighted by molar-refractivity contribution is -0.117. The van der Waals surface area contributed by atoms with Crippen LogP contribution in [0.5, 0.6) is 17.2 Å². The van der Waals surface area contributed by atoms with Crippen molar-refractivity contribution in [3.05, 3.63) is 52.9 Å². The van der Waals surface area contributed by atoms with Crippen LogP contribution in [0.2, 0.25) is 5.02 Å². The van der Waals surface area contributed by atoms with Crippen LogP contribution in [-0.4, -0.2) is 49.9 Å². The summed E-state index contributed by atoms with van der Waals surface area (Å²) in [6.45, 7) is 0.378. The molecule has 3 aromatic rings. The molecule has 1 saturated heterocycles. The first-order valence-electron chi connectivity index (χ1n) is 9.94. The van der Waals surface area contributed by atoms with Crippen molar-refractivity contribution < 1.29 is 28.2 Å². The molecule has 10 nitrogen and oxygen atoms in total. The third kappa shape index (κ3) is 4.56. The minimum atomic E-state index is -0.505. The highest BCUT2D eigenvalue weighted by Gasteiger charge is 2.35. The van der Waals surface area contributed by atoms with Gasteiger partial charge in [-0.3, -0.25) is 14.9 Å². The summed E-state index contributed by atoms with van der Waals surface area (Å²) in [5, 5.41) is 11.1. The molecule has 11 heteroatoms. The summed E-state index contributed by atoms with van der Waals surface area (Å²) in [4.78, 5) is 26.9. The quantitative estimate of drug-likeness (QED) is 0.555. The maximum atomic E-state index is 12.7. The van der Waals surface area contributed by atoms with Gasteiger partial charge in [-0.05, 0) is 36.4 Å². The largest absolute Gasteiger partial charge is 0.493 e. The van der Waals surface area contributed by atoms with Crippen LogP contribution in [0, 0.1) is 0 Å². The van der Waals surface area contributed by atoms with Crippen molar-refractivity contribution in [3.63, 3.8) is 0 Å². The van der Waals surface area contributed by atoms with Gasteiger partial charge in [0.05, 0.1) is 27.2 Å². The van der Waals surface area contributed by atoms with Gasteiger partial charge in [-0.15, -0.1) is 5.10 Å². The van der Waals surface area contributed by atoms with Crippen LogP contribution in [0.3, 0.4) is 0 Å². The predicted octanol–water partition coefficient (Wildman–Crippen LogP) is 3.52. The number of nitrogens with zero attached hydrogens (tertiary/aromatic N) is 3. The molecule has 1 fully saturated rings. The molecule has 172 valence electrons. The number of rotatable bonds is 7. The third-order valence-electron chi connectivity index (χ3n) is 5.20. The summed E-state index contributed by atoms with van der Waals surface area (Å²) in [6, 6.07) is 9.93. The van der Waals surface area contributed by atoms with Gasteiger partial charge in [0.1, 0.15) is 0 Å². The lowest BCUT2D eigenvalue weighted by atomic mass is 10.1. The van der Waals surface area contributed by atoms with Crippen molar-refractivity contribution >= 4 is 35.1 Å². The van der Waals surface area contributed by atoms with E-state index in [-0.39, 0.29) is 35.7 Å². The molecule has 1 aliphatic heterocycles. The average Bonchev–Trinajstić information content (AvgIpc) is 3.45. The zero-order valence-corrected chi connectivity index (χ0v) is 18.9. The van der Waals surface area contributed by atoms with Gasteiger partial charge >= 0.3 is 6.01 Å². The number of nitrogens with one attached hydrogen (secondary N) is 1. The molecule has 1 aliphatic rings. The van der Waals surface area contributed by atoms with Crippen molar-refractivity contribution in [1.29, 1.82) is 0 Å². The van der Waals surface area contributed by atoms with E-state index >= 15 is 0 Å². The van der Waals surface area contributed by atoms with Crippen molar-refractivity contribution in [2.24, 2.45) is 0 Å². The Morgan fingerprint density at radius 1 is 1.09 bits per heavy atom. The number of carbonyl (C=O) groups is 2. The Morgan fingerprint density at radius 3 is 2.36 bits per heavy atom. The monoisotopic (exact) mass is 472 g/mol. The maximum absolute atomic E-state index is 12.7. The number of carbonyl (C=O) groups excluding carboxylic acids is 2. The minimum absolute atomic E-state index is 0.0662. The lowest BCUT2D eigenvalue weighted by Crippen LogP contribution is -2.24. The fourth-order valence-electron chi connectivity index (χ4n) is 3.58. The molecule has 0 bridgehead atoms. The predicted molar refractivity (Wildman–Crippen MR) is 120 cm³/mol. The second-order valence-corrected chi connectivity index (χ2v) is 7.63. The van der Waals surface area contributed by atoms with E-state index in [1.807, 2.05) is 0 Å². The maximum Gasteiger partial charge on any atom is 0.322 e. The zero-order valence-electron chi connectivity index (χ0n) is 18.1. The van der Waals surface area contributed by atoms with Gasteiger partial charge in [0.2, 0.25) is 17.5 Å². The molecule has 1 N–H and O–H groups in total. The molecule has 1 atom stereocenters. The second kappa shape index (κ2) is 9.37. The Balaban J connectivity index is 1.47. The topological polar surface area (TPSA) is 116 Å². The fourth-order valence-corrected chi connectivity index (χ4v) is 3.70. The number of anilines is 2. The van der Waals surface area contributed by atoms with Crippen LogP contribution >= 0.6 is 11.6 Å². The Hall–Kier alpha value is -3.79. The molecule has 1 unspecified atom stereocenters. The fraction of sp³-hybridized carbons (Fsp3) is 0.273. The average molecular weight is 473 g/mol. The SMILES string of the molecule is COc1cc(C(=O)Nc2nnc(C3CC(=O)N(c4ccc(Cl)cc4)C3)o2)cc(OC)c1OC. The number of halogens is 1. The summed E-state index contributed by atoms with van der Waals surface area (Å²) >= 11 is 5.93. The Morgan fingerprint density at radius 2 is 1.76 bits per heavy atom. The Bertz CT molecular complexity index is 1150. The minimum Gasteiger partial charge on any atom is -0.493 e. The third-order valence-corrected chi connectivity index (χ3v) is 5.45. The molecule has 2 aromatic carbocycles. The summed E-state index contributed by atoms with van der Waals surface area (Å²) in [5.41, 5.74) is 0.983. The first-order chi connectivity index (χ1) is 15.9. The molecule has 0 radical (unpaired) electrons. The standard InChI is InChI=1S/C22H21ClN4O6/c1-30-16-8-12(9-17(31-2)19(16)32-3)20(29)24-22-26-25-21(33-22)13-10-18(28)27(11-13)15-6-4-14(23)5-7-15/h4-9,13H,10-11H2,1-3H3,(H,24,26,29). The van der Waals surface area contributed by atoms with Crippen LogP contribution in [0.15, 0.2) is 40.8 Å². The second-order valence-electron chi connectivity index (χ2n) is 7.20. The summed E-state index contributed by atoms with van der Waals surface area (Å²) < 4.78 is 21.4. The summed E-state index contributed by atoms with van der Waals surface area (Å²) in [5.74, 6) is 0.429. The van der Waals surface area contributed by atoms with Crippen molar-refractivity contribution in [1.82, 2.24) is 10.2 Å². The number of hydrogen-bond donors (Lipinski definition) is 1. The van der Waals surface area contributed by atoms with E-state index < -0.39 is 5.91 Å². The number of hydrogen-bond acceptors (Lipinski definition) is 8. The summed E-state index contributed by atoms with van der Waals surface area (Å²) in [6.07, 6.45) is 0.213. The normalized spacial score (nSPS) is 15.5. The van der Waals surface area contributed by atoms with Gasteiger partial charge in [0.25, 0.3) is 5.91 Å². The van der Waals surface area contributed by atoms with Gasteiger partial charge in [0.15, 0.2) is 11.5 Å². The number of amides is 2. The molecule has 0 spiro atoms. The molecule has 4 rings (SSSR count). The van der Waals surface area contributed by atoms with E-state index in [4.69, 9.17) is 30.2 Å². The van der Waals surface area contributed by atoms with Crippen LogP contribution < -0.4 is 24.4 Å². The Kier molecular flexibility index (Phi) is 6.36. The van der Waals surface area contributed by atoms with E-state index in [0.717, 1.165) is 5.69 Å². The van der Waals surface area contributed by atoms with Crippen molar-refractivity contribution in [2.75, 3.05) is 38.1 Å². The molecule has 0 aliphatic carbocycles. The van der Waals surface area contributed by atoms with Crippen LogP contribution in [0.25, 0.3) is 0 Å². The molecular weight excluding hydrogens is 452 g/mol.